The number of aliphatic hydroxyl groups is 1. The van der Waals surface area contributed by atoms with Gasteiger partial charge in [0.15, 0.2) is 0 Å². The Labute approximate surface area is 278 Å². The van der Waals surface area contributed by atoms with Gasteiger partial charge in [-0.25, -0.2) is 8.42 Å². The number of rotatable bonds is 13. The molecule has 5 atom stereocenters. The van der Waals surface area contributed by atoms with E-state index in [2.05, 4.69) is 0 Å². The Morgan fingerprint density at radius 3 is 2.17 bits per heavy atom. The smallest absolute Gasteiger partial charge is 0.452 e. The number of likely N-dealkylation sites (tertiary alicyclic amines) is 1. The van der Waals surface area contributed by atoms with E-state index in [0.29, 0.717) is 10.6 Å². The summed E-state index contributed by atoms with van der Waals surface area (Å²) in [6, 6.07) is 3.93. The van der Waals surface area contributed by atoms with E-state index in [0.717, 1.165) is 18.2 Å². The number of carbonyl (C=O) groups excluding carboxylic acids is 4. The molecule has 1 aliphatic heterocycles. The summed E-state index contributed by atoms with van der Waals surface area (Å²) >= 11 is 5.75. The van der Waals surface area contributed by atoms with Gasteiger partial charge in [0.1, 0.15) is 28.5 Å². The van der Waals surface area contributed by atoms with Crippen LogP contribution in [0.2, 0.25) is 5.02 Å². The number of ketones is 1. The molecule has 0 saturated carbocycles. The number of nitrogens with zero attached hydrogens (tertiary/aromatic N) is 1. The molecule has 1 saturated heterocycles. The maximum absolute atomic E-state index is 15.0. The molecule has 18 heteroatoms. The molecule has 264 valence electrons. The van der Waals surface area contributed by atoms with E-state index in [1.54, 1.807) is 5.32 Å². The Kier molecular flexibility index (Phi) is 12.5. The Morgan fingerprint density at radius 2 is 1.67 bits per heavy atom. The molecule has 1 fully saturated rings. The molecule has 11 nitrogen and oxygen atoms in total. The van der Waals surface area contributed by atoms with Crippen molar-refractivity contribution in [3.8, 4) is 5.75 Å². The van der Waals surface area contributed by atoms with Crippen molar-refractivity contribution < 1.29 is 59.4 Å². The number of thiol groups is 1. The normalized spacial score (nSPS) is 18.7. The van der Waals surface area contributed by atoms with Gasteiger partial charge >= 0.3 is 12.1 Å². The van der Waals surface area contributed by atoms with Crippen LogP contribution in [0.1, 0.15) is 36.6 Å². The Morgan fingerprint density at radius 1 is 1.04 bits per heavy atom. The zero-order valence-electron chi connectivity index (χ0n) is 25.7. The number of hydrogen-bond acceptors (Lipinski definition) is 8. The molecule has 0 spiro atoms. The van der Waals surface area contributed by atoms with Crippen LogP contribution >= 0.6 is 11.6 Å². The standard InChI is InChI=1S/C30H33ClF5N3O8S/c1-15(2)23(25(41)30(34,35)36)38-26(42)22-11-17(24(48(45)46)16-7-9-20(47-3)10-8-16)13-39(22)27(43)21(14-40)37-28(44)29(32,33)18-5-4-6-19(31)12-18/h4-10,12,15,17,21-24,40,48H,11,13-14H2,1-3H3,(H,37,44)(H,38,42)/t17-,21+,22+,23+,24?/m1/s1. The molecule has 2 aromatic rings. The second-order valence-corrected chi connectivity index (χ2v) is 13.0. The lowest BCUT2D eigenvalue weighted by atomic mass is 9.95. The van der Waals surface area contributed by atoms with Crippen LogP contribution in [-0.4, -0.2) is 86.5 Å². The van der Waals surface area contributed by atoms with E-state index < -0.39 is 107 Å². The lowest BCUT2D eigenvalue weighted by Crippen LogP contribution is -2.58. The highest BCUT2D eigenvalue weighted by Crippen LogP contribution is 2.38. The van der Waals surface area contributed by atoms with Crippen molar-refractivity contribution in [3.63, 3.8) is 0 Å². The number of halogens is 6. The predicted octanol–water partition coefficient (Wildman–Crippen LogP) is 2.76. The average molecular weight is 726 g/mol. The van der Waals surface area contributed by atoms with Crippen LogP contribution in [0.25, 0.3) is 0 Å². The first-order valence-corrected chi connectivity index (χ1v) is 16.0. The molecule has 0 aliphatic carbocycles. The number of aliphatic hydroxyl groups excluding tert-OH is 1. The number of ether oxygens (including phenoxy) is 1. The van der Waals surface area contributed by atoms with Crippen LogP contribution in [0, 0.1) is 11.8 Å². The Bertz CT molecular complexity index is 1580. The molecule has 0 aromatic heterocycles. The van der Waals surface area contributed by atoms with Gasteiger partial charge in [-0.2, -0.15) is 22.0 Å². The summed E-state index contributed by atoms with van der Waals surface area (Å²) in [6.07, 6.45) is -5.80. The van der Waals surface area contributed by atoms with Gasteiger partial charge in [-0.15, -0.1) is 0 Å². The average Bonchev–Trinajstić information content (AvgIpc) is 3.46. The van der Waals surface area contributed by atoms with E-state index >= 15 is 8.78 Å². The van der Waals surface area contributed by atoms with Crippen LogP contribution in [0.5, 0.6) is 5.75 Å². The first kappa shape index (κ1) is 38.6. The van der Waals surface area contributed by atoms with Crippen LogP contribution < -0.4 is 15.4 Å². The lowest BCUT2D eigenvalue weighted by Gasteiger charge is -2.30. The molecule has 3 N–H and O–H groups in total. The first-order chi connectivity index (χ1) is 22.3. The van der Waals surface area contributed by atoms with Crippen molar-refractivity contribution in [1.29, 1.82) is 0 Å². The molecule has 3 rings (SSSR count). The summed E-state index contributed by atoms with van der Waals surface area (Å²) in [4.78, 5) is 52.7. The van der Waals surface area contributed by atoms with Crippen molar-refractivity contribution in [3.05, 3.63) is 64.7 Å². The van der Waals surface area contributed by atoms with Gasteiger partial charge in [0.25, 0.3) is 11.7 Å². The van der Waals surface area contributed by atoms with Gasteiger partial charge in [0.05, 0.1) is 25.0 Å². The number of nitrogens with one attached hydrogen (secondary N) is 2. The van der Waals surface area contributed by atoms with E-state index in [9.17, 15) is 45.9 Å². The third-order valence-electron chi connectivity index (χ3n) is 7.83. The van der Waals surface area contributed by atoms with Crippen molar-refractivity contribution >= 4 is 45.8 Å². The number of amides is 3. The largest absolute Gasteiger partial charge is 0.497 e. The van der Waals surface area contributed by atoms with Gasteiger partial charge < -0.3 is 25.4 Å². The molecule has 3 amide bonds. The van der Waals surface area contributed by atoms with Gasteiger partial charge in [-0.3, -0.25) is 19.2 Å². The zero-order valence-corrected chi connectivity index (χ0v) is 27.3. The molecule has 1 heterocycles. The maximum Gasteiger partial charge on any atom is 0.452 e. The minimum Gasteiger partial charge on any atom is -0.497 e. The summed E-state index contributed by atoms with van der Waals surface area (Å²) in [7, 11) is -1.94. The second kappa shape index (κ2) is 15.6. The molecule has 2 aromatic carbocycles. The fourth-order valence-electron chi connectivity index (χ4n) is 5.37. The highest BCUT2D eigenvalue weighted by Gasteiger charge is 2.50. The van der Waals surface area contributed by atoms with Gasteiger partial charge in [-0.05, 0) is 48.1 Å². The highest BCUT2D eigenvalue weighted by atomic mass is 35.5. The fourth-order valence-corrected chi connectivity index (χ4v) is 6.53. The molecule has 1 aliphatic rings. The summed E-state index contributed by atoms with van der Waals surface area (Å²) in [6.45, 7) is 0.639. The van der Waals surface area contributed by atoms with E-state index in [1.807, 2.05) is 5.32 Å². The number of carbonyl (C=O) groups is 4. The molecular weight excluding hydrogens is 693 g/mol. The predicted molar refractivity (Wildman–Crippen MR) is 162 cm³/mol. The summed E-state index contributed by atoms with van der Waals surface area (Å²) in [5.41, 5.74) is -0.628. The highest BCUT2D eigenvalue weighted by molar-refractivity contribution is 7.72. The van der Waals surface area contributed by atoms with Gasteiger partial charge in [0, 0.05) is 17.1 Å². The minimum absolute atomic E-state index is 0.126. The number of alkyl halides is 5. The van der Waals surface area contributed by atoms with E-state index in [-0.39, 0.29) is 10.6 Å². The van der Waals surface area contributed by atoms with Crippen LogP contribution in [-0.2, 0) is 35.8 Å². The SMILES string of the molecule is COc1ccc(C([C@@H]2C[C@@H](C(=O)N[C@H](C(=O)C(F)(F)F)C(C)C)N(C(=O)[C@H](CO)NC(=O)C(F)(F)c3cccc(Cl)c3)C2)[SH](=O)=O)cc1. The topological polar surface area (TPSA) is 159 Å². The van der Waals surface area contributed by atoms with Gasteiger partial charge in [0.2, 0.25) is 11.8 Å². The summed E-state index contributed by atoms with van der Waals surface area (Å²) < 4.78 is 100. The summed E-state index contributed by atoms with van der Waals surface area (Å²) in [5, 5.41) is 12.2. The third kappa shape index (κ3) is 8.79. The van der Waals surface area contributed by atoms with Crippen molar-refractivity contribution in [2.45, 2.75) is 55.7 Å². The molecular formula is C30H33ClF5N3O8S. The monoisotopic (exact) mass is 725 g/mol. The van der Waals surface area contributed by atoms with E-state index in [4.69, 9.17) is 16.3 Å². The summed E-state index contributed by atoms with van der Waals surface area (Å²) in [5.74, 6) is -12.9. The fraction of sp³-hybridized carbons (Fsp3) is 0.467. The number of hydrogen-bond donors (Lipinski definition) is 4. The first-order valence-electron chi connectivity index (χ1n) is 14.4. The zero-order chi connectivity index (χ0) is 36.1. The van der Waals surface area contributed by atoms with Gasteiger partial charge in [-0.1, -0.05) is 49.7 Å². The minimum atomic E-state index is -5.34. The Hall–Kier alpha value is -3.83. The quantitative estimate of drug-likeness (QED) is 0.181. The molecule has 1 unspecified atom stereocenters. The Balaban J connectivity index is 1.99. The van der Waals surface area contributed by atoms with Crippen LogP contribution in [0.15, 0.2) is 48.5 Å². The van der Waals surface area contributed by atoms with Crippen LogP contribution in [0.4, 0.5) is 22.0 Å². The van der Waals surface area contributed by atoms with Crippen molar-refractivity contribution in [1.82, 2.24) is 15.5 Å². The number of methoxy groups -OCH3 is 1. The number of Topliss-reactive ketones (excluding diaryl/α,β-unsaturated/α-hetero) is 1. The molecule has 48 heavy (non-hydrogen) atoms. The molecule has 0 radical (unpaired) electrons. The van der Waals surface area contributed by atoms with E-state index in [1.165, 1.54) is 51.3 Å². The van der Waals surface area contributed by atoms with Crippen LogP contribution in [0.3, 0.4) is 0 Å². The van der Waals surface area contributed by atoms with Crippen molar-refractivity contribution in [2.75, 3.05) is 20.3 Å². The maximum atomic E-state index is 15.0. The lowest BCUT2D eigenvalue weighted by molar-refractivity contribution is -0.175. The molecule has 0 bridgehead atoms. The number of benzene rings is 2. The van der Waals surface area contributed by atoms with Crippen molar-refractivity contribution in [2.24, 2.45) is 11.8 Å². The second-order valence-electron chi connectivity index (χ2n) is 11.4. The third-order valence-corrected chi connectivity index (χ3v) is 9.24.